The molecule has 8 heteroatoms. The highest BCUT2D eigenvalue weighted by Crippen LogP contribution is 2.17. The molecule has 1 unspecified atom stereocenters. The van der Waals surface area contributed by atoms with Gasteiger partial charge in [-0.2, -0.15) is 16.4 Å². The lowest BCUT2D eigenvalue weighted by Gasteiger charge is -2.15. The summed E-state index contributed by atoms with van der Waals surface area (Å²) in [7, 11) is 0. The van der Waals surface area contributed by atoms with Gasteiger partial charge in [-0.25, -0.2) is 14.7 Å². The summed E-state index contributed by atoms with van der Waals surface area (Å²) in [5, 5.41) is 15.5. The predicted octanol–water partition coefficient (Wildman–Crippen LogP) is 4.42. The molecule has 0 bridgehead atoms. The molecule has 3 aromatic heterocycles. The van der Waals surface area contributed by atoms with Crippen LogP contribution < -0.4 is 10.6 Å². The van der Waals surface area contributed by atoms with E-state index >= 15 is 0 Å². The third-order valence-electron chi connectivity index (χ3n) is 4.49. The lowest BCUT2D eigenvalue weighted by atomic mass is 10.1. The summed E-state index contributed by atoms with van der Waals surface area (Å²) >= 11 is 1.73. The van der Waals surface area contributed by atoms with Crippen molar-refractivity contribution in [1.82, 2.24) is 25.4 Å². The van der Waals surface area contributed by atoms with Crippen LogP contribution in [0.2, 0.25) is 0 Å². The maximum Gasteiger partial charge on any atom is 0.191 e. The van der Waals surface area contributed by atoms with Crippen LogP contribution in [0.5, 0.6) is 0 Å². The first-order valence-electron chi connectivity index (χ1n) is 9.59. The number of rotatable bonds is 7. The predicted molar refractivity (Wildman–Crippen MR) is 132 cm³/mol. The highest BCUT2D eigenvalue weighted by molar-refractivity contribution is 14.0. The van der Waals surface area contributed by atoms with Gasteiger partial charge >= 0.3 is 0 Å². The number of aryl methyl sites for hydroxylation is 2. The van der Waals surface area contributed by atoms with Gasteiger partial charge in [0.2, 0.25) is 0 Å². The van der Waals surface area contributed by atoms with E-state index in [1.165, 1.54) is 5.56 Å². The lowest BCUT2D eigenvalue weighted by Crippen LogP contribution is -2.39. The summed E-state index contributed by atoms with van der Waals surface area (Å²) in [5.74, 6) is 2.09. The standard InChI is InChI=1S/C21H28N6S.HI/c1-5-22-21(24-11-15(2)19-8-9-28-14-19)25-13-18-6-7-20(23-12-18)27-17(4)10-16(3)26-27;/h6-10,12,14-15H,5,11,13H2,1-4H3,(H2,22,24,25);1H. The Labute approximate surface area is 193 Å². The summed E-state index contributed by atoms with van der Waals surface area (Å²) in [5.41, 5.74) is 4.49. The monoisotopic (exact) mass is 524 g/mol. The minimum Gasteiger partial charge on any atom is -0.357 e. The Balaban J connectivity index is 0.00000300. The number of guanidine groups is 1. The topological polar surface area (TPSA) is 67.1 Å². The van der Waals surface area contributed by atoms with Crippen molar-refractivity contribution in [2.45, 2.75) is 40.2 Å². The summed E-state index contributed by atoms with van der Waals surface area (Å²) in [4.78, 5) is 9.24. The fraction of sp³-hybridized carbons (Fsp3) is 0.381. The van der Waals surface area contributed by atoms with Crippen molar-refractivity contribution in [1.29, 1.82) is 0 Å². The van der Waals surface area contributed by atoms with Crippen LogP contribution >= 0.6 is 35.3 Å². The third kappa shape index (κ3) is 6.53. The number of hydrogen-bond donors (Lipinski definition) is 2. The van der Waals surface area contributed by atoms with Gasteiger partial charge in [0.15, 0.2) is 11.8 Å². The van der Waals surface area contributed by atoms with Crippen LogP contribution in [-0.4, -0.2) is 33.8 Å². The number of nitrogens with zero attached hydrogens (tertiary/aromatic N) is 4. The molecular weight excluding hydrogens is 495 g/mol. The average Bonchev–Trinajstić information content (AvgIpc) is 3.34. The molecule has 0 saturated heterocycles. The number of pyridine rings is 1. The van der Waals surface area contributed by atoms with Gasteiger partial charge < -0.3 is 10.6 Å². The highest BCUT2D eigenvalue weighted by Gasteiger charge is 2.08. The number of hydrogen-bond acceptors (Lipinski definition) is 4. The molecular formula is C21H29IN6S. The van der Waals surface area contributed by atoms with Gasteiger partial charge in [-0.05, 0) is 66.8 Å². The first kappa shape index (κ1) is 23.3. The van der Waals surface area contributed by atoms with Gasteiger partial charge in [-0.3, -0.25) is 0 Å². The molecule has 1 atom stereocenters. The Hall–Kier alpha value is -1.94. The number of aliphatic imine (C=N–C) groups is 1. The third-order valence-corrected chi connectivity index (χ3v) is 5.19. The minimum atomic E-state index is 0. The number of halogens is 1. The average molecular weight is 524 g/mol. The van der Waals surface area contributed by atoms with Gasteiger partial charge in [-0.15, -0.1) is 24.0 Å². The Bertz CT molecular complexity index is 902. The Morgan fingerprint density at radius 1 is 1.24 bits per heavy atom. The summed E-state index contributed by atoms with van der Waals surface area (Å²) in [6.07, 6.45) is 1.87. The van der Waals surface area contributed by atoms with Crippen LogP contribution in [0.1, 0.15) is 42.3 Å². The van der Waals surface area contributed by atoms with Crippen molar-refractivity contribution >= 4 is 41.3 Å². The van der Waals surface area contributed by atoms with E-state index in [0.717, 1.165) is 41.8 Å². The molecule has 0 saturated carbocycles. The molecule has 3 aromatic rings. The molecule has 0 aliphatic carbocycles. The Morgan fingerprint density at radius 2 is 2.07 bits per heavy atom. The molecule has 0 radical (unpaired) electrons. The smallest absolute Gasteiger partial charge is 0.191 e. The van der Waals surface area contributed by atoms with Crippen molar-refractivity contribution in [2.75, 3.05) is 13.1 Å². The molecule has 0 spiro atoms. The fourth-order valence-corrected chi connectivity index (χ4v) is 3.71. The second-order valence-corrected chi connectivity index (χ2v) is 7.68. The minimum absolute atomic E-state index is 0. The van der Waals surface area contributed by atoms with Gasteiger partial charge in [0.25, 0.3) is 0 Å². The van der Waals surface area contributed by atoms with Crippen molar-refractivity contribution in [3.05, 3.63) is 63.7 Å². The van der Waals surface area contributed by atoms with Crippen LogP contribution in [0.15, 0.2) is 46.2 Å². The van der Waals surface area contributed by atoms with Gasteiger partial charge in [0.1, 0.15) is 0 Å². The summed E-state index contributed by atoms with van der Waals surface area (Å²) in [6, 6.07) is 8.27. The zero-order valence-electron chi connectivity index (χ0n) is 17.3. The van der Waals surface area contributed by atoms with E-state index in [0.29, 0.717) is 12.5 Å². The molecule has 3 heterocycles. The van der Waals surface area contributed by atoms with Gasteiger partial charge in [0, 0.05) is 25.0 Å². The van der Waals surface area contributed by atoms with E-state index in [2.05, 4.69) is 57.5 Å². The Morgan fingerprint density at radius 3 is 2.66 bits per heavy atom. The van der Waals surface area contributed by atoms with Crippen molar-refractivity contribution in [2.24, 2.45) is 4.99 Å². The lowest BCUT2D eigenvalue weighted by molar-refractivity contribution is 0.701. The highest BCUT2D eigenvalue weighted by atomic mass is 127. The molecule has 6 nitrogen and oxygen atoms in total. The molecule has 2 N–H and O–H groups in total. The molecule has 29 heavy (non-hydrogen) atoms. The van der Waals surface area contributed by atoms with Crippen molar-refractivity contribution in [3.8, 4) is 5.82 Å². The van der Waals surface area contributed by atoms with Crippen molar-refractivity contribution < 1.29 is 0 Å². The fourth-order valence-electron chi connectivity index (χ4n) is 2.93. The number of nitrogens with one attached hydrogen (secondary N) is 2. The Kier molecular flexibility index (Phi) is 9.09. The molecule has 3 rings (SSSR count). The SMILES string of the molecule is CCNC(=NCc1ccc(-n2nc(C)cc2C)nc1)NCC(C)c1ccsc1.I. The normalized spacial score (nSPS) is 12.3. The van der Waals surface area contributed by atoms with Crippen LogP contribution in [0, 0.1) is 13.8 Å². The van der Waals surface area contributed by atoms with E-state index < -0.39 is 0 Å². The molecule has 0 aliphatic rings. The zero-order valence-corrected chi connectivity index (χ0v) is 20.5. The van der Waals surface area contributed by atoms with E-state index in [1.54, 1.807) is 11.3 Å². The van der Waals surface area contributed by atoms with Crippen molar-refractivity contribution in [3.63, 3.8) is 0 Å². The first-order valence-corrected chi connectivity index (χ1v) is 10.5. The van der Waals surface area contributed by atoms with Crippen LogP contribution in [0.25, 0.3) is 5.82 Å². The second-order valence-electron chi connectivity index (χ2n) is 6.90. The quantitative estimate of drug-likeness (QED) is 0.273. The maximum absolute atomic E-state index is 4.70. The van der Waals surface area contributed by atoms with E-state index in [9.17, 15) is 0 Å². The molecule has 156 valence electrons. The van der Waals surface area contributed by atoms with Crippen LogP contribution in [0.3, 0.4) is 0 Å². The largest absolute Gasteiger partial charge is 0.357 e. The van der Waals surface area contributed by atoms with Gasteiger partial charge in [-0.1, -0.05) is 13.0 Å². The van der Waals surface area contributed by atoms with Crippen LogP contribution in [0.4, 0.5) is 0 Å². The van der Waals surface area contributed by atoms with E-state index in [4.69, 9.17) is 4.99 Å². The number of aromatic nitrogens is 3. The van der Waals surface area contributed by atoms with Crippen LogP contribution in [-0.2, 0) is 6.54 Å². The second kappa shape index (κ2) is 11.3. The number of thiophene rings is 1. The molecule has 0 fully saturated rings. The van der Waals surface area contributed by atoms with E-state index in [-0.39, 0.29) is 24.0 Å². The molecule has 0 aliphatic heterocycles. The zero-order chi connectivity index (χ0) is 19.9. The maximum atomic E-state index is 4.70. The molecule has 0 aromatic carbocycles. The molecule has 0 amide bonds. The summed E-state index contributed by atoms with van der Waals surface area (Å²) in [6.45, 7) is 10.6. The first-order chi connectivity index (χ1) is 13.6. The van der Waals surface area contributed by atoms with E-state index in [1.807, 2.05) is 36.9 Å². The van der Waals surface area contributed by atoms with Gasteiger partial charge in [0.05, 0.1) is 12.2 Å². The summed E-state index contributed by atoms with van der Waals surface area (Å²) < 4.78 is 1.86.